The van der Waals surface area contributed by atoms with Crippen LogP contribution in [0.5, 0.6) is 5.75 Å². The van der Waals surface area contributed by atoms with Crippen LogP contribution in [-0.4, -0.2) is 19.1 Å². The third-order valence-corrected chi connectivity index (χ3v) is 2.06. The lowest BCUT2D eigenvalue weighted by atomic mass is 10.2. The van der Waals surface area contributed by atoms with Crippen LogP contribution in [-0.2, 0) is 4.79 Å². The molecule has 0 aromatic heterocycles. The Morgan fingerprint density at radius 1 is 1.69 bits per heavy atom. The first-order valence-corrected chi connectivity index (χ1v) is 4.26. The molecule has 0 saturated heterocycles. The minimum atomic E-state index is 0.00889. The molecule has 1 aromatic rings. The average Bonchev–Trinajstić information content (AvgIpc) is 2.18. The second-order valence-electron chi connectivity index (χ2n) is 2.82. The van der Waals surface area contributed by atoms with Crippen molar-refractivity contribution in [1.29, 1.82) is 0 Å². The number of ether oxygens (including phenoxy) is 1. The third-order valence-electron chi connectivity index (χ3n) is 2.06. The fraction of sp³-hybridized carbons (Fsp3) is 0.300. The first-order valence-electron chi connectivity index (χ1n) is 4.26. The lowest BCUT2D eigenvalue weighted by molar-refractivity contribution is -0.121. The summed E-state index contributed by atoms with van der Waals surface area (Å²) >= 11 is 0. The summed E-state index contributed by atoms with van der Waals surface area (Å²) in [4.78, 5) is 13.1. The van der Waals surface area contributed by atoms with Crippen LogP contribution >= 0.6 is 0 Å². The van der Waals surface area contributed by atoms with E-state index < -0.39 is 0 Å². The van der Waals surface area contributed by atoms with Gasteiger partial charge in [0, 0.05) is 6.54 Å². The summed E-state index contributed by atoms with van der Waals surface area (Å²) in [6, 6.07) is 8.31. The maximum absolute atomic E-state index is 11.4. The van der Waals surface area contributed by atoms with E-state index in [1.165, 1.54) is 0 Å². The highest BCUT2D eigenvalue weighted by molar-refractivity contribution is 5.97. The summed E-state index contributed by atoms with van der Waals surface area (Å²) in [5.74, 6) is 0.773. The van der Waals surface area contributed by atoms with E-state index in [2.05, 4.69) is 6.07 Å². The molecule has 1 heterocycles. The van der Waals surface area contributed by atoms with Crippen molar-refractivity contribution < 1.29 is 9.53 Å². The molecule has 0 aliphatic carbocycles. The SMILES string of the molecule is CCN1C(=O)COc2cc[c]cc21. The standard InChI is InChI=1S/C10H10NO2/c1-2-11-8-5-3-4-6-9(8)13-7-10(11)12/h4-6H,2,7H2,1H3. The maximum Gasteiger partial charge on any atom is 0.265 e. The molecule has 1 aliphatic heterocycles. The van der Waals surface area contributed by atoms with Gasteiger partial charge in [0.05, 0.1) is 5.69 Å². The fourth-order valence-electron chi connectivity index (χ4n) is 1.44. The van der Waals surface area contributed by atoms with Gasteiger partial charge in [0.25, 0.3) is 5.91 Å². The van der Waals surface area contributed by atoms with E-state index in [1.54, 1.807) is 17.0 Å². The molecule has 3 heteroatoms. The molecule has 3 nitrogen and oxygen atoms in total. The molecule has 2 rings (SSSR count). The first-order chi connectivity index (χ1) is 6.33. The van der Waals surface area contributed by atoms with E-state index in [1.807, 2.05) is 13.0 Å². The number of hydrogen-bond acceptors (Lipinski definition) is 2. The van der Waals surface area contributed by atoms with Gasteiger partial charge in [0.1, 0.15) is 5.75 Å². The maximum atomic E-state index is 11.4. The van der Waals surface area contributed by atoms with Gasteiger partial charge in [0.2, 0.25) is 0 Å². The van der Waals surface area contributed by atoms with Crippen LogP contribution in [0.1, 0.15) is 6.92 Å². The Hall–Kier alpha value is -1.51. The molecule has 1 aromatic carbocycles. The van der Waals surface area contributed by atoms with Gasteiger partial charge >= 0.3 is 0 Å². The molecule has 1 radical (unpaired) electrons. The number of benzene rings is 1. The fourth-order valence-corrected chi connectivity index (χ4v) is 1.44. The molecule has 0 fully saturated rings. The zero-order chi connectivity index (χ0) is 9.26. The molecule has 0 bridgehead atoms. The number of hydrogen-bond donors (Lipinski definition) is 0. The zero-order valence-corrected chi connectivity index (χ0v) is 7.41. The van der Waals surface area contributed by atoms with Crippen LogP contribution in [0.15, 0.2) is 18.2 Å². The Morgan fingerprint density at radius 2 is 2.54 bits per heavy atom. The molecular weight excluding hydrogens is 166 g/mol. The predicted molar refractivity (Wildman–Crippen MR) is 48.8 cm³/mol. The van der Waals surface area contributed by atoms with E-state index in [-0.39, 0.29) is 12.5 Å². The number of anilines is 1. The highest BCUT2D eigenvalue weighted by Gasteiger charge is 2.22. The van der Waals surface area contributed by atoms with Gasteiger partial charge in [-0.25, -0.2) is 0 Å². The zero-order valence-electron chi connectivity index (χ0n) is 7.41. The number of carbonyl (C=O) groups excluding carboxylic acids is 1. The number of nitrogens with zero attached hydrogens (tertiary/aromatic N) is 1. The van der Waals surface area contributed by atoms with Crippen molar-refractivity contribution in [2.24, 2.45) is 0 Å². The lowest BCUT2D eigenvalue weighted by Crippen LogP contribution is -2.38. The van der Waals surface area contributed by atoms with Crippen molar-refractivity contribution in [3.63, 3.8) is 0 Å². The summed E-state index contributed by atoms with van der Waals surface area (Å²) in [6.07, 6.45) is 0. The Balaban J connectivity index is 2.45. The Kier molecular flexibility index (Phi) is 1.93. The van der Waals surface area contributed by atoms with Crippen molar-refractivity contribution in [2.45, 2.75) is 6.92 Å². The van der Waals surface area contributed by atoms with Crippen LogP contribution in [0.25, 0.3) is 0 Å². The van der Waals surface area contributed by atoms with Crippen LogP contribution in [0.3, 0.4) is 0 Å². The quantitative estimate of drug-likeness (QED) is 0.644. The number of carbonyl (C=O) groups is 1. The molecule has 0 unspecified atom stereocenters. The van der Waals surface area contributed by atoms with E-state index in [4.69, 9.17) is 4.74 Å². The second kappa shape index (κ2) is 3.09. The molecule has 0 N–H and O–H groups in total. The monoisotopic (exact) mass is 176 g/mol. The Bertz CT molecular complexity index is 335. The molecule has 0 spiro atoms. The largest absolute Gasteiger partial charge is 0.482 e. The van der Waals surface area contributed by atoms with Crippen LogP contribution in [0, 0.1) is 6.07 Å². The van der Waals surface area contributed by atoms with E-state index >= 15 is 0 Å². The van der Waals surface area contributed by atoms with E-state index in [0.717, 1.165) is 11.4 Å². The summed E-state index contributed by atoms with van der Waals surface area (Å²) in [7, 11) is 0. The van der Waals surface area contributed by atoms with E-state index in [9.17, 15) is 4.79 Å². The van der Waals surface area contributed by atoms with Gasteiger partial charge in [-0.3, -0.25) is 4.79 Å². The van der Waals surface area contributed by atoms with Gasteiger partial charge in [-0.05, 0) is 25.1 Å². The normalized spacial score (nSPS) is 15.2. The smallest absolute Gasteiger partial charge is 0.265 e. The van der Waals surface area contributed by atoms with E-state index in [0.29, 0.717) is 6.54 Å². The summed E-state index contributed by atoms with van der Waals surface area (Å²) in [6.45, 7) is 2.76. The minimum Gasteiger partial charge on any atom is -0.482 e. The van der Waals surface area contributed by atoms with Crippen molar-refractivity contribution >= 4 is 11.6 Å². The third kappa shape index (κ3) is 1.26. The lowest BCUT2D eigenvalue weighted by Gasteiger charge is -2.27. The number of likely N-dealkylation sites (N-methyl/N-ethyl adjacent to an activating group) is 1. The van der Waals surface area contributed by atoms with Gasteiger partial charge in [0.15, 0.2) is 6.61 Å². The molecule has 13 heavy (non-hydrogen) atoms. The number of fused-ring (bicyclic) bond motifs is 1. The summed E-state index contributed by atoms with van der Waals surface area (Å²) in [5.41, 5.74) is 0.821. The minimum absolute atomic E-state index is 0.00889. The average molecular weight is 176 g/mol. The molecular formula is C10H10NO2. The molecule has 1 amide bonds. The topological polar surface area (TPSA) is 29.5 Å². The molecule has 67 valence electrons. The van der Waals surface area contributed by atoms with Crippen LogP contribution in [0.4, 0.5) is 5.69 Å². The second-order valence-corrected chi connectivity index (χ2v) is 2.82. The number of amides is 1. The van der Waals surface area contributed by atoms with Crippen LogP contribution in [0.2, 0.25) is 0 Å². The van der Waals surface area contributed by atoms with Crippen molar-refractivity contribution in [3.05, 3.63) is 24.3 Å². The molecule has 0 atom stereocenters. The van der Waals surface area contributed by atoms with Gasteiger partial charge in [-0.2, -0.15) is 0 Å². The summed E-state index contributed by atoms with van der Waals surface area (Å²) < 4.78 is 5.26. The van der Waals surface area contributed by atoms with Gasteiger partial charge in [-0.15, -0.1) is 0 Å². The molecule has 1 aliphatic rings. The van der Waals surface area contributed by atoms with Gasteiger partial charge < -0.3 is 9.64 Å². The van der Waals surface area contributed by atoms with Crippen LogP contribution < -0.4 is 9.64 Å². The number of rotatable bonds is 1. The van der Waals surface area contributed by atoms with Crippen molar-refractivity contribution in [3.8, 4) is 5.75 Å². The highest BCUT2D eigenvalue weighted by atomic mass is 16.5. The summed E-state index contributed by atoms with van der Waals surface area (Å²) in [5, 5.41) is 0. The van der Waals surface area contributed by atoms with Crippen molar-refractivity contribution in [2.75, 3.05) is 18.1 Å². The Labute approximate surface area is 76.9 Å². The molecule has 0 saturated carbocycles. The first kappa shape index (κ1) is 8.10. The van der Waals surface area contributed by atoms with Crippen molar-refractivity contribution in [1.82, 2.24) is 0 Å². The highest BCUT2D eigenvalue weighted by Crippen LogP contribution is 2.30. The van der Waals surface area contributed by atoms with Gasteiger partial charge in [-0.1, -0.05) is 6.07 Å². The Morgan fingerprint density at radius 3 is 3.31 bits per heavy atom. The predicted octanol–water partition coefficient (Wildman–Crippen LogP) is 1.23.